The molecule has 0 radical (unpaired) electrons. The van der Waals surface area contributed by atoms with Crippen molar-refractivity contribution in [2.75, 3.05) is 7.05 Å². The van der Waals surface area contributed by atoms with E-state index in [1.807, 2.05) is 50.1 Å². The van der Waals surface area contributed by atoms with E-state index in [1.165, 1.54) is 31.0 Å². The third-order valence-corrected chi connectivity index (χ3v) is 5.80. The van der Waals surface area contributed by atoms with Gasteiger partial charge in [0.1, 0.15) is 0 Å². The number of carbonyl (C=O) groups excluding carboxylic acids is 1. The molecule has 0 bridgehead atoms. The summed E-state index contributed by atoms with van der Waals surface area (Å²) in [7, 11) is 1.92. The molecule has 1 heterocycles. The Bertz CT molecular complexity index is 725. The van der Waals surface area contributed by atoms with E-state index in [0.717, 1.165) is 24.0 Å². The number of aromatic nitrogens is 2. The average Bonchev–Trinajstić information content (AvgIpc) is 3.09. The summed E-state index contributed by atoms with van der Waals surface area (Å²) in [6, 6.07) is 8.27. The smallest absolute Gasteiger partial charge is 0.277 e. The quantitative estimate of drug-likeness (QED) is 0.744. The van der Waals surface area contributed by atoms with Crippen molar-refractivity contribution < 1.29 is 9.21 Å². The summed E-state index contributed by atoms with van der Waals surface area (Å²) in [5, 5.41) is 8.44. The molecule has 0 aliphatic heterocycles. The molecule has 25 heavy (non-hydrogen) atoms. The normalized spacial score (nSPS) is 16.6. The largest absolute Gasteiger partial charge is 0.411 e. The van der Waals surface area contributed by atoms with Crippen molar-refractivity contribution in [1.82, 2.24) is 15.1 Å². The molecule has 1 atom stereocenters. The summed E-state index contributed by atoms with van der Waals surface area (Å²) in [6.45, 7) is 3.92. The molecular weight excluding hydrogens is 334 g/mol. The summed E-state index contributed by atoms with van der Waals surface area (Å²) in [5.41, 5.74) is 2.02. The Labute approximate surface area is 153 Å². The molecular formula is C19H25N3O2S. The Morgan fingerprint density at radius 3 is 2.68 bits per heavy atom. The van der Waals surface area contributed by atoms with Crippen LogP contribution in [-0.4, -0.2) is 39.3 Å². The van der Waals surface area contributed by atoms with Gasteiger partial charge in [-0.2, -0.15) is 0 Å². The monoisotopic (exact) mass is 359 g/mol. The minimum absolute atomic E-state index is 0.132. The number of aryl methyl sites for hydroxylation is 1. The Balaban J connectivity index is 1.64. The number of thioether (sulfide) groups is 1. The van der Waals surface area contributed by atoms with Crippen LogP contribution in [0.15, 0.2) is 33.9 Å². The molecule has 2 aromatic rings. The second-order valence-corrected chi connectivity index (χ2v) is 7.98. The summed E-state index contributed by atoms with van der Waals surface area (Å²) >= 11 is 1.33. The molecule has 0 unspecified atom stereocenters. The predicted octanol–water partition coefficient (Wildman–Crippen LogP) is 4.32. The maximum Gasteiger partial charge on any atom is 0.277 e. The van der Waals surface area contributed by atoms with Crippen LogP contribution >= 0.6 is 11.8 Å². The number of amides is 1. The van der Waals surface area contributed by atoms with Gasteiger partial charge in [0, 0.05) is 18.7 Å². The molecule has 3 rings (SSSR count). The number of benzene rings is 1. The highest BCUT2D eigenvalue weighted by molar-refractivity contribution is 8.00. The zero-order chi connectivity index (χ0) is 17.8. The Hall–Kier alpha value is -1.82. The van der Waals surface area contributed by atoms with Gasteiger partial charge in [-0.15, -0.1) is 10.2 Å². The molecule has 1 aliphatic rings. The van der Waals surface area contributed by atoms with E-state index in [4.69, 9.17) is 4.42 Å². The van der Waals surface area contributed by atoms with E-state index >= 15 is 0 Å². The predicted molar refractivity (Wildman–Crippen MR) is 99.4 cm³/mol. The van der Waals surface area contributed by atoms with Gasteiger partial charge in [-0.05, 0) is 38.3 Å². The summed E-state index contributed by atoms with van der Waals surface area (Å²) in [5.74, 6) is 0.633. The molecule has 1 fully saturated rings. The van der Waals surface area contributed by atoms with Gasteiger partial charge >= 0.3 is 0 Å². The lowest BCUT2D eigenvalue weighted by Gasteiger charge is -2.32. The van der Waals surface area contributed by atoms with Crippen LogP contribution in [0.25, 0.3) is 11.5 Å². The molecule has 1 aliphatic carbocycles. The molecule has 1 aromatic heterocycles. The number of carbonyl (C=O) groups is 1. The first-order valence-electron chi connectivity index (χ1n) is 8.89. The highest BCUT2D eigenvalue weighted by atomic mass is 32.2. The van der Waals surface area contributed by atoms with Crippen LogP contribution in [0.2, 0.25) is 0 Å². The topological polar surface area (TPSA) is 59.2 Å². The van der Waals surface area contributed by atoms with Crippen molar-refractivity contribution in [3.05, 3.63) is 29.8 Å². The molecule has 1 aromatic carbocycles. The van der Waals surface area contributed by atoms with Crippen LogP contribution in [-0.2, 0) is 4.79 Å². The number of hydrogen-bond donors (Lipinski definition) is 0. The van der Waals surface area contributed by atoms with Crippen LogP contribution in [0.4, 0.5) is 0 Å². The maximum absolute atomic E-state index is 12.7. The van der Waals surface area contributed by atoms with E-state index in [1.54, 1.807) is 0 Å². The lowest BCUT2D eigenvalue weighted by atomic mass is 9.94. The summed E-state index contributed by atoms with van der Waals surface area (Å²) in [4.78, 5) is 14.6. The molecule has 1 amide bonds. The van der Waals surface area contributed by atoms with Crippen LogP contribution in [0.3, 0.4) is 0 Å². The second kappa shape index (κ2) is 8.04. The SMILES string of the molecule is Cc1ccccc1-c1nnc(S[C@@H](C)C(=O)N(C)C2CCCCC2)o1. The highest BCUT2D eigenvalue weighted by Crippen LogP contribution is 2.29. The third kappa shape index (κ3) is 4.24. The number of hydrogen-bond acceptors (Lipinski definition) is 5. The summed E-state index contributed by atoms with van der Waals surface area (Å²) in [6.07, 6.45) is 5.93. The van der Waals surface area contributed by atoms with E-state index in [-0.39, 0.29) is 11.2 Å². The molecule has 0 spiro atoms. The van der Waals surface area contributed by atoms with Crippen molar-refractivity contribution in [3.63, 3.8) is 0 Å². The van der Waals surface area contributed by atoms with Crippen molar-refractivity contribution in [1.29, 1.82) is 0 Å². The Morgan fingerprint density at radius 2 is 1.96 bits per heavy atom. The van der Waals surface area contributed by atoms with Crippen molar-refractivity contribution in [2.24, 2.45) is 0 Å². The zero-order valence-electron chi connectivity index (χ0n) is 15.1. The fourth-order valence-electron chi connectivity index (χ4n) is 3.32. The van der Waals surface area contributed by atoms with Crippen molar-refractivity contribution >= 4 is 17.7 Å². The molecule has 0 saturated heterocycles. The number of nitrogens with zero attached hydrogens (tertiary/aromatic N) is 3. The highest BCUT2D eigenvalue weighted by Gasteiger charge is 2.27. The van der Waals surface area contributed by atoms with E-state index < -0.39 is 0 Å². The van der Waals surface area contributed by atoms with Gasteiger partial charge in [0.05, 0.1) is 5.25 Å². The van der Waals surface area contributed by atoms with Gasteiger partial charge in [-0.25, -0.2) is 0 Å². The Kier molecular flexibility index (Phi) is 5.78. The molecule has 134 valence electrons. The second-order valence-electron chi connectivity index (χ2n) is 6.69. The first-order chi connectivity index (χ1) is 12.1. The maximum atomic E-state index is 12.7. The van der Waals surface area contributed by atoms with E-state index in [9.17, 15) is 4.79 Å². The lowest BCUT2D eigenvalue weighted by Crippen LogP contribution is -2.42. The first-order valence-corrected chi connectivity index (χ1v) is 9.77. The average molecular weight is 359 g/mol. The van der Waals surface area contributed by atoms with Gasteiger partial charge in [0.2, 0.25) is 11.8 Å². The fourth-order valence-corrected chi connectivity index (χ4v) is 4.10. The van der Waals surface area contributed by atoms with E-state index in [0.29, 0.717) is 17.2 Å². The van der Waals surface area contributed by atoms with Gasteiger partial charge in [-0.1, -0.05) is 49.2 Å². The van der Waals surface area contributed by atoms with Gasteiger partial charge in [0.15, 0.2) is 0 Å². The van der Waals surface area contributed by atoms with Crippen molar-refractivity contribution in [3.8, 4) is 11.5 Å². The lowest BCUT2D eigenvalue weighted by molar-refractivity contribution is -0.131. The van der Waals surface area contributed by atoms with Crippen LogP contribution in [0.1, 0.15) is 44.6 Å². The minimum atomic E-state index is -0.239. The zero-order valence-corrected chi connectivity index (χ0v) is 15.9. The molecule has 1 saturated carbocycles. The Morgan fingerprint density at radius 1 is 1.24 bits per heavy atom. The molecule has 0 N–H and O–H groups in total. The molecule has 5 nitrogen and oxygen atoms in total. The first kappa shape index (κ1) is 18.0. The summed E-state index contributed by atoms with van der Waals surface area (Å²) < 4.78 is 5.77. The standard InChI is InChI=1S/C19H25N3O2S/c1-13-9-7-8-12-16(13)17-20-21-19(24-17)25-14(2)18(23)22(3)15-10-5-4-6-11-15/h7-9,12,14-15H,4-6,10-11H2,1-3H3/t14-/m0/s1. The fraction of sp³-hybridized carbons (Fsp3) is 0.526. The van der Waals surface area contributed by atoms with E-state index in [2.05, 4.69) is 10.2 Å². The van der Waals surface area contributed by atoms with Crippen molar-refractivity contribution in [2.45, 2.75) is 62.5 Å². The molecule has 6 heteroatoms. The van der Waals surface area contributed by atoms with Gasteiger partial charge < -0.3 is 9.32 Å². The minimum Gasteiger partial charge on any atom is -0.411 e. The number of rotatable bonds is 5. The third-order valence-electron chi connectivity index (χ3n) is 4.88. The van der Waals surface area contributed by atoms with Gasteiger partial charge in [-0.3, -0.25) is 4.79 Å². The van der Waals surface area contributed by atoms with Crippen LogP contribution in [0, 0.1) is 6.92 Å². The van der Waals surface area contributed by atoms with Gasteiger partial charge in [0.25, 0.3) is 5.22 Å². The van der Waals surface area contributed by atoms with Crippen LogP contribution < -0.4 is 0 Å². The van der Waals surface area contributed by atoms with Crippen LogP contribution in [0.5, 0.6) is 0 Å².